The molecule has 0 radical (unpaired) electrons. The molecule has 12 heavy (non-hydrogen) atoms. The molecular formula is C10H14N2. The van der Waals surface area contributed by atoms with Crippen LogP contribution in [-0.4, -0.2) is 9.38 Å². The van der Waals surface area contributed by atoms with E-state index in [-0.39, 0.29) is 0 Å². The molecule has 2 aromatic heterocycles. The van der Waals surface area contributed by atoms with Gasteiger partial charge in [0.2, 0.25) is 0 Å². The van der Waals surface area contributed by atoms with Crippen LogP contribution in [0, 0.1) is 6.92 Å². The van der Waals surface area contributed by atoms with Crippen molar-refractivity contribution in [2.75, 3.05) is 0 Å². The summed E-state index contributed by atoms with van der Waals surface area (Å²) in [6, 6.07) is 6.14. The van der Waals surface area contributed by atoms with Gasteiger partial charge in [-0.1, -0.05) is 19.9 Å². The van der Waals surface area contributed by atoms with Gasteiger partial charge in [-0.15, -0.1) is 0 Å². The third-order valence-electron chi connectivity index (χ3n) is 1.65. The van der Waals surface area contributed by atoms with E-state index in [2.05, 4.69) is 22.4 Å². The van der Waals surface area contributed by atoms with Gasteiger partial charge in [-0.3, -0.25) is 0 Å². The Balaban J connectivity index is 0.000000336. The molecule has 0 aromatic carbocycles. The lowest BCUT2D eigenvalue weighted by Gasteiger charge is -1.95. The Hall–Kier alpha value is -1.31. The van der Waals surface area contributed by atoms with E-state index < -0.39 is 0 Å². The van der Waals surface area contributed by atoms with Crippen LogP contribution in [0.3, 0.4) is 0 Å². The smallest absolute Gasteiger partial charge is 0.0994 e. The Bertz CT molecular complexity index is 349. The van der Waals surface area contributed by atoms with Crippen molar-refractivity contribution in [3.05, 3.63) is 36.4 Å². The van der Waals surface area contributed by atoms with Gasteiger partial charge in [0.1, 0.15) is 0 Å². The van der Waals surface area contributed by atoms with E-state index in [9.17, 15) is 0 Å². The van der Waals surface area contributed by atoms with Crippen LogP contribution in [0.15, 0.2) is 30.7 Å². The van der Waals surface area contributed by atoms with Crippen molar-refractivity contribution in [3.8, 4) is 0 Å². The normalized spacial score (nSPS) is 9.25. The number of imidazole rings is 1. The number of fused-ring (bicyclic) bond motifs is 1. The first-order valence-electron chi connectivity index (χ1n) is 4.25. The minimum atomic E-state index is 1.15. The van der Waals surface area contributed by atoms with Crippen LogP contribution >= 0.6 is 0 Å². The molecule has 2 heterocycles. The molecule has 0 atom stereocenters. The Labute approximate surface area is 72.9 Å². The summed E-state index contributed by atoms with van der Waals surface area (Å²) < 4.78 is 2.06. The predicted octanol–water partition coefficient (Wildman–Crippen LogP) is 2.67. The Kier molecular flexibility index (Phi) is 2.86. The van der Waals surface area contributed by atoms with Crippen LogP contribution in [0.25, 0.3) is 5.52 Å². The van der Waals surface area contributed by atoms with Gasteiger partial charge in [0.05, 0.1) is 18.0 Å². The maximum atomic E-state index is 4.03. The van der Waals surface area contributed by atoms with Crippen molar-refractivity contribution >= 4 is 5.52 Å². The minimum Gasteiger partial charge on any atom is -0.304 e. The molecular weight excluding hydrogens is 148 g/mol. The molecule has 0 aliphatic carbocycles. The van der Waals surface area contributed by atoms with Crippen LogP contribution < -0.4 is 0 Å². The summed E-state index contributed by atoms with van der Waals surface area (Å²) in [5.74, 6) is 0. The van der Waals surface area contributed by atoms with Crippen LogP contribution in [0.4, 0.5) is 0 Å². The standard InChI is InChI=1S/C8H8N2.C2H6/c1-7-3-2-4-8-5-9-6-10(7)8;1-2/h2-6H,1H3;1-2H3. The molecule has 2 heteroatoms. The maximum absolute atomic E-state index is 4.03. The SMILES string of the molecule is CC.Cc1cccc2cncn12. The van der Waals surface area contributed by atoms with Crippen molar-refractivity contribution in [1.82, 2.24) is 9.38 Å². The number of rotatable bonds is 0. The lowest BCUT2D eigenvalue weighted by atomic mass is 10.3. The first-order valence-corrected chi connectivity index (χ1v) is 4.25. The van der Waals surface area contributed by atoms with Crippen LogP contribution in [0.1, 0.15) is 19.5 Å². The fourth-order valence-electron chi connectivity index (χ4n) is 1.09. The monoisotopic (exact) mass is 162 g/mol. The van der Waals surface area contributed by atoms with E-state index in [4.69, 9.17) is 0 Å². The quantitative estimate of drug-likeness (QED) is 0.582. The zero-order valence-corrected chi connectivity index (χ0v) is 7.78. The van der Waals surface area contributed by atoms with Crippen molar-refractivity contribution in [2.45, 2.75) is 20.8 Å². The predicted molar refractivity (Wildman–Crippen MR) is 51.3 cm³/mol. The number of aryl methyl sites for hydroxylation is 1. The average Bonchev–Trinajstić information content (AvgIpc) is 2.57. The largest absolute Gasteiger partial charge is 0.304 e. The van der Waals surface area contributed by atoms with E-state index in [0.717, 1.165) is 5.52 Å². The van der Waals surface area contributed by atoms with Gasteiger partial charge >= 0.3 is 0 Å². The number of nitrogens with zero attached hydrogens (tertiary/aromatic N) is 2. The molecule has 64 valence electrons. The summed E-state index contributed by atoms with van der Waals surface area (Å²) >= 11 is 0. The van der Waals surface area contributed by atoms with Gasteiger partial charge in [-0.05, 0) is 19.1 Å². The zero-order chi connectivity index (χ0) is 8.97. The molecule has 0 unspecified atom stereocenters. The molecule has 0 N–H and O–H groups in total. The van der Waals surface area contributed by atoms with Gasteiger partial charge in [-0.25, -0.2) is 4.98 Å². The number of aromatic nitrogens is 2. The lowest BCUT2D eigenvalue weighted by Crippen LogP contribution is -1.85. The molecule has 0 fully saturated rings. The highest BCUT2D eigenvalue weighted by molar-refractivity contribution is 5.45. The molecule has 0 bridgehead atoms. The molecule has 0 saturated heterocycles. The second kappa shape index (κ2) is 3.90. The molecule has 2 nitrogen and oxygen atoms in total. The maximum Gasteiger partial charge on any atom is 0.0994 e. The average molecular weight is 162 g/mol. The van der Waals surface area contributed by atoms with E-state index >= 15 is 0 Å². The Morgan fingerprint density at radius 1 is 1.25 bits per heavy atom. The Morgan fingerprint density at radius 2 is 2.00 bits per heavy atom. The van der Waals surface area contributed by atoms with Crippen LogP contribution in [-0.2, 0) is 0 Å². The van der Waals surface area contributed by atoms with Gasteiger partial charge in [0, 0.05) is 5.69 Å². The number of hydrogen-bond donors (Lipinski definition) is 0. The van der Waals surface area contributed by atoms with Crippen molar-refractivity contribution in [2.24, 2.45) is 0 Å². The summed E-state index contributed by atoms with van der Waals surface area (Å²) in [7, 11) is 0. The van der Waals surface area contributed by atoms with Crippen LogP contribution in [0.2, 0.25) is 0 Å². The van der Waals surface area contributed by atoms with E-state index in [0.29, 0.717) is 0 Å². The molecule has 0 aliphatic rings. The fraction of sp³-hybridized carbons (Fsp3) is 0.300. The summed E-state index contributed by atoms with van der Waals surface area (Å²) in [5.41, 5.74) is 2.37. The highest BCUT2D eigenvalue weighted by atomic mass is 15.0. The fourth-order valence-corrected chi connectivity index (χ4v) is 1.09. The number of pyridine rings is 1. The summed E-state index contributed by atoms with van der Waals surface area (Å²) in [4.78, 5) is 4.03. The van der Waals surface area contributed by atoms with Crippen molar-refractivity contribution < 1.29 is 0 Å². The third-order valence-corrected chi connectivity index (χ3v) is 1.65. The molecule has 0 amide bonds. The molecule has 0 spiro atoms. The van der Waals surface area contributed by atoms with Gasteiger partial charge < -0.3 is 4.40 Å². The van der Waals surface area contributed by atoms with Crippen LogP contribution in [0.5, 0.6) is 0 Å². The van der Waals surface area contributed by atoms with E-state index in [1.54, 1.807) is 0 Å². The second-order valence-electron chi connectivity index (χ2n) is 2.36. The van der Waals surface area contributed by atoms with Crippen molar-refractivity contribution in [1.29, 1.82) is 0 Å². The summed E-state index contributed by atoms with van der Waals surface area (Å²) in [6.07, 6.45) is 3.68. The van der Waals surface area contributed by atoms with E-state index in [1.165, 1.54) is 5.69 Å². The highest BCUT2D eigenvalue weighted by Crippen LogP contribution is 2.04. The lowest BCUT2D eigenvalue weighted by molar-refractivity contribution is 1.07. The molecule has 0 aliphatic heterocycles. The first-order chi connectivity index (χ1) is 5.88. The zero-order valence-electron chi connectivity index (χ0n) is 7.78. The number of hydrogen-bond acceptors (Lipinski definition) is 1. The van der Waals surface area contributed by atoms with Gasteiger partial charge in [0.15, 0.2) is 0 Å². The van der Waals surface area contributed by atoms with Crippen molar-refractivity contribution in [3.63, 3.8) is 0 Å². The Morgan fingerprint density at radius 3 is 2.67 bits per heavy atom. The summed E-state index contributed by atoms with van der Waals surface area (Å²) in [6.45, 7) is 6.06. The highest BCUT2D eigenvalue weighted by Gasteiger charge is 1.91. The molecule has 2 rings (SSSR count). The minimum absolute atomic E-state index is 1.15. The van der Waals surface area contributed by atoms with E-state index in [1.807, 2.05) is 38.5 Å². The first kappa shape index (κ1) is 8.78. The third kappa shape index (κ3) is 1.47. The van der Waals surface area contributed by atoms with Gasteiger partial charge in [0.25, 0.3) is 0 Å². The topological polar surface area (TPSA) is 17.3 Å². The summed E-state index contributed by atoms with van der Waals surface area (Å²) in [5, 5.41) is 0. The molecule has 2 aromatic rings. The van der Waals surface area contributed by atoms with Gasteiger partial charge in [-0.2, -0.15) is 0 Å². The molecule has 0 saturated carbocycles. The second-order valence-corrected chi connectivity index (χ2v) is 2.36.